The highest BCUT2D eigenvalue weighted by Gasteiger charge is 2.48. The van der Waals surface area contributed by atoms with Crippen molar-refractivity contribution in [1.82, 2.24) is 5.32 Å². The first-order valence-electron chi connectivity index (χ1n) is 8.11. The number of fused-ring (bicyclic) bond motifs is 1. The molecule has 132 valence electrons. The van der Waals surface area contributed by atoms with Crippen LogP contribution in [-0.2, 0) is 25.5 Å². The average Bonchev–Trinajstić information content (AvgIpc) is 3.13. The van der Waals surface area contributed by atoms with Gasteiger partial charge in [-0.2, -0.15) is 0 Å². The molecule has 3 rings (SSSR count). The largest absolute Gasteiger partial charge is 0.480 e. The lowest BCUT2D eigenvalue weighted by Crippen LogP contribution is -2.41. The molecule has 4 atom stereocenters. The SMILES string of the molecule is CN(C)c1ccc(CN[C@@H]2CO[C@@H]3[C@@H]2OC[C@H]3OCC(=O)O)cc1. The van der Waals surface area contributed by atoms with Gasteiger partial charge in [-0.25, -0.2) is 4.79 Å². The van der Waals surface area contributed by atoms with E-state index in [2.05, 4.69) is 34.5 Å². The smallest absolute Gasteiger partial charge is 0.329 e. The maximum atomic E-state index is 10.6. The number of anilines is 1. The van der Waals surface area contributed by atoms with Crippen molar-refractivity contribution >= 4 is 11.7 Å². The second-order valence-corrected chi connectivity index (χ2v) is 6.39. The van der Waals surface area contributed by atoms with E-state index in [4.69, 9.17) is 19.3 Å². The summed E-state index contributed by atoms with van der Waals surface area (Å²) >= 11 is 0. The number of benzene rings is 1. The molecule has 2 saturated heterocycles. The minimum atomic E-state index is -0.979. The van der Waals surface area contributed by atoms with Crippen LogP contribution in [0.4, 0.5) is 5.69 Å². The van der Waals surface area contributed by atoms with Gasteiger partial charge in [-0.15, -0.1) is 0 Å². The number of nitrogens with zero attached hydrogens (tertiary/aromatic N) is 1. The fraction of sp³-hybridized carbons (Fsp3) is 0.588. The molecule has 7 heteroatoms. The van der Waals surface area contributed by atoms with Gasteiger partial charge in [0.2, 0.25) is 0 Å². The van der Waals surface area contributed by atoms with Crippen LogP contribution in [-0.4, -0.2) is 69.3 Å². The van der Waals surface area contributed by atoms with Crippen LogP contribution in [0.25, 0.3) is 0 Å². The van der Waals surface area contributed by atoms with Gasteiger partial charge in [0.15, 0.2) is 0 Å². The van der Waals surface area contributed by atoms with Gasteiger partial charge in [0.25, 0.3) is 0 Å². The Bertz CT molecular complexity index is 563. The third kappa shape index (κ3) is 3.87. The number of hydrogen-bond acceptors (Lipinski definition) is 6. The predicted octanol–water partition coefficient (Wildman–Crippen LogP) is 0.478. The Morgan fingerprint density at radius 3 is 2.62 bits per heavy atom. The summed E-state index contributed by atoms with van der Waals surface area (Å²) in [5.74, 6) is -0.979. The van der Waals surface area contributed by atoms with Gasteiger partial charge < -0.3 is 29.5 Å². The Morgan fingerprint density at radius 2 is 1.96 bits per heavy atom. The summed E-state index contributed by atoms with van der Waals surface area (Å²) in [5.41, 5.74) is 2.36. The number of nitrogens with one attached hydrogen (secondary N) is 1. The molecule has 24 heavy (non-hydrogen) atoms. The first kappa shape index (κ1) is 17.2. The minimum absolute atomic E-state index is 0.0851. The number of aliphatic carboxylic acids is 1. The lowest BCUT2D eigenvalue weighted by molar-refractivity contribution is -0.146. The fourth-order valence-corrected chi connectivity index (χ4v) is 3.12. The van der Waals surface area contributed by atoms with Crippen LogP contribution in [0.1, 0.15) is 5.56 Å². The number of ether oxygens (including phenoxy) is 3. The molecule has 2 aliphatic heterocycles. The van der Waals surface area contributed by atoms with Crippen LogP contribution in [0.2, 0.25) is 0 Å². The first-order valence-corrected chi connectivity index (χ1v) is 8.11. The van der Waals surface area contributed by atoms with Gasteiger partial charge in [-0.05, 0) is 17.7 Å². The predicted molar refractivity (Wildman–Crippen MR) is 88.3 cm³/mol. The van der Waals surface area contributed by atoms with Gasteiger partial charge in [0.1, 0.15) is 24.9 Å². The van der Waals surface area contributed by atoms with Gasteiger partial charge in [0, 0.05) is 26.3 Å². The summed E-state index contributed by atoms with van der Waals surface area (Å²) < 4.78 is 16.9. The first-order chi connectivity index (χ1) is 11.5. The third-order valence-electron chi connectivity index (χ3n) is 4.45. The monoisotopic (exact) mass is 336 g/mol. The van der Waals surface area contributed by atoms with E-state index in [1.165, 1.54) is 11.3 Å². The summed E-state index contributed by atoms with van der Waals surface area (Å²) in [6.45, 7) is 1.32. The molecule has 0 amide bonds. The van der Waals surface area contributed by atoms with Gasteiger partial charge in [-0.3, -0.25) is 0 Å². The van der Waals surface area contributed by atoms with E-state index < -0.39 is 5.97 Å². The summed E-state index contributed by atoms with van der Waals surface area (Å²) in [7, 11) is 4.03. The van der Waals surface area contributed by atoms with Crippen LogP contribution in [0.5, 0.6) is 0 Å². The highest BCUT2D eigenvalue weighted by molar-refractivity contribution is 5.68. The topological polar surface area (TPSA) is 80.3 Å². The highest BCUT2D eigenvalue weighted by atomic mass is 16.6. The maximum Gasteiger partial charge on any atom is 0.329 e. The lowest BCUT2D eigenvalue weighted by Gasteiger charge is -2.18. The van der Waals surface area contributed by atoms with E-state index in [0.717, 1.165) is 6.54 Å². The molecule has 0 saturated carbocycles. The van der Waals surface area contributed by atoms with E-state index in [-0.39, 0.29) is 31.0 Å². The van der Waals surface area contributed by atoms with Crippen LogP contribution in [0.3, 0.4) is 0 Å². The molecule has 0 spiro atoms. The Kier molecular flexibility index (Phi) is 5.35. The van der Waals surface area contributed by atoms with Crippen LogP contribution >= 0.6 is 0 Å². The number of carboxylic acid groups (broad SMARTS) is 1. The molecule has 7 nitrogen and oxygen atoms in total. The second-order valence-electron chi connectivity index (χ2n) is 6.39. The highest BCUT2D eigenvalue weighted by Crippen LogP contribution is 2.29. The Hall–Kier alpha value is -1.67. The summed E-state index contributed by atoms with van der Waals surface area (Å²) in [6, 6.07) is 8.47. The van der Waals surface area contributed by atoms with Crippen LogP contribution in [0, 0.1) is 0 Å². The van der Waals surface area contributed by atoms with E-state index in [9.17, 15) is 4.79 Å². The van der Waals surface area contributed by atoms with E-state index in [0.29, 0.717) is 13.2 Å². The molecular formula is C17H24N2O5. The van der Waals surface area contributed by atoms with Crippen molar-refractivity contribution in [3.63, 3.8) is 0 Å². The maximum absolute atomic E-state index is 10.6. The number of carboxylic acids is 1. The molecule has 0 bridgehead atoms. The van der Waals surface area contributed by atoms with Crippen molar-refractivity contribution in [2.24, 2.45) is 0 Å². The summed E-state index contributed by atoms with van der Waals surface area (Å²) in [4.78, 5) is 12.7. The van der Waals surface area contributed by atoms with E-state index in [1.807, 2.05) is 14.1 Å². The number of hydrogen-bond donors (Lipinski definition) is 2. The lowest BCUT2D eigenvalue weighted by atomic mass is 10.1. The molecule has 0 unspecified atom stereocenters. The molecule has 1 aromatic rings. The van der Waals surface area contributed by atoms with Crippen molar-refractivity contribution < 1.29 is 24.1 Å². The van der Waals surface area contributed by atoms with Crippen molar-refractivity contribution in [3.05, 3.63) is 29.8 Å². The zero-order valence-electron chi connectivity index (χ0n) is 14.0. The Labute approximate surface area is 141 Å². The van der Waals surface area contributed by atoms with E-state index >= 15 is 0 Å². The fourth-order valence-electron chi connectivity index (χ4n) is 3.12. The van der Waals surface area contributed by atoms with Crippen molar-refractivity contribution in [1.29, 1.82) is 0 Å². The molecule has 2 heterocycles. The number of rotatable bonds is 7. The molecule has 0 aromatic heterocycles. The zero-order valence-corrected chi connectivity index (χ0v) is 14.0. The number of carbonyl (C=O) groups is 1. The van der Waals surface area contributed by atoms with Crippen molar-refractivity contribution in [2.75, 3.05) is 38.8 Å². The molecule has 2 N–H and O–H groups in total. The molecule has 2 fully saturated rings. The zero-order chi connectivity index (χ0) is 17.1. The average molecular weight is 336 g/mol. The van der Waals surface area contributed by atoms with Crippen LogP contribution < -0.4 is 10.2 Å². The van der Waals surface area contributed by atoms with Crippen molar-refractivity contribution in [3.8, 4) is 0 Å². The quantitative estimate of drug-likeness (QED) is 0.749. The Morgan fingerprint density at radius 1 is 1.25 bits per heavy atom. The Balaban J connectivity index is 1.50. The van der Waals surface area contributed by atoms with Gasteiger partial charge in [0.05, 0.1) is 19.3 Å². The minimum Gasteiger partial charge on any atom is -0.480 e. The van der Waals surface area contributed by atoms with Gasteiger partial charge >= 0.3 is 5.97 Å². The van der Waals surface area contributed by atoms with Crippen LogP contribution in [0.15, 0.2) is 24.3 Å². The molecule has 0 radical (unpaired) electrons. The normalized spacial score (nSPS) is 28.8. The molecule has 1 aromatic carbocycles. The molecule has 2 aliphatic rings. The standard InChI is InChI=1S/C17H24N2O5/c1-19(2)12-5-3-11(4-6-12)7-18-13-8-23-17-14(9-24-16(13)17)22-10-15(20)21/h3-6,13-14,16-18H,7-10H2,1-2H3,(H,20,21)/t13-,14-,16-,17+/m1/s1. The second kappa shape index (κ2) is 7.48. The molecular weight excluding hydrogens is 312 g/mol. The van der Waals surface area contributed by atoms with Gasteiger partial charge in [-0.1, -0.05) is 12.1 Å². The summed E-state index contributed by atoms with van der Waals surface area (Å²) in [6.07, 6.45) is -0.597. The molecule has 0 aliphatic carbocycles. The van der Waals surface area contributed by atoms with Crippen molar-refractivity contribution in [2.45, 2.75) is 30.9 Å². The third-order valence-corrected chi connectivity index (χ3v) is 4.45. The van der Waals surface area contributed by atoms with E-state index in [1.54, 1.807) is 0 Å². The summed E-state index contributed by atoms with van der Waals surface area (Å²) in [5, 5.41) is 12.2.